The maximum Gasteiger partial charge on any atom is 0.244 e. The van der Waals surface area contributed by atoms with Gasteiger partial charge in [0, 0.05) is 4.75 Å². The summed E-state index contributed by atoms with van der Waals surface area (Å²) < 4.78 is 7.04. The number of fused-ring (bicyclic) bond motifs is 1. The molecule has 2 N–H and O–H groups in total. The Kier molecular flexibility index (Phi) is 4.15. The van der Waals surface area contributed by atoms with Crippen LogP contribution in [-0.4, -0.2) is 53.8 Å². The summed E-state index contributed by atoms with van der Waals surface area (Å²) in [5.74, 6) is 1.50. The molecule has 2 unspecified atom stereocenters. The molecule has 3 atom stereocenters. The molecule has 2 aliphatic rings. The van der Waals surface area contributed by atoms with Gasteiger partial charge in [-0.25, -0.2) is 4.68 Å². The molecule has 26 heavy (non-hydrogen) atoms. The zero-order chi connectivity index (χ0) is 18.5. The standard InChI is InChI=1S/C17H22N6O2S/c1-4-25-11-7-5-10(6-8-11)9-22-14(19-20-21-22)13-17(2,3)26-16-12(18)15(24)23(13)16/h5-8,12-13,16H,4,9,18H2,1-3H3/t12?,13?,16-/m1/s1. The number of carbonyl (C=O) groups excluding carboxylic acids is 1. The van der Waals surface area contributed by atoms with Gasteiger partial charge in [0.25, 0.3) is 0 Å². The topological polar surface area (TPSA) is 99.2 Å². The van der Waals surface area contributed by atoms with Crippen LogP contribution in [-0.2, 0) is 11.3 Å². The highest BCUT2D eigenvalue weighted by Gasteiger charge is 2.61. The number of amides is 1. The van der Waals surface area contributed by atoms with Crippen molar-refractivity contribution in [3.8, 4) is 5.75 Å². The Morgan fingerprint density at radius 2 is 2.04 bits per heavy atom. The molecule has 9 heteroatoms. The van der Waals surface area contributed by atoms with Crippen molar-refractivity contribution in [1.29, 1.82) is 0 Å². The van der Waals surface area contributed by atoms with Crippen molar-refractivity contribution in [2.24, 2.45) is 5.73 Å². The van der Waals surface area contributed by atoms with Gasteiger partial charge in [-0.05, 0) is 48.9 Å². The number of nitrogens with two attached hydrogens (primary N) is 1. The van der Waals surface area contributed by atoms with Gasteiger partial charge < -0.3 is 15.4 Å². The minimum absolute atomic E-state index is 0.00174. The van der Waals surface area contributed by atoms with Crippen LogP contribution in [0.4, 0.5) is 0 Å². The maximum absolute atomic E-state index is 12.3. The predicted molar refractivity (Wildman–Crippen MR) is 97.6 cm³/mol. The molecule has 0 bridgehead atoms. The maximum atomic E-state index is 12.3. The van der Waals surface area contributed by atoms with Gasteiger partial charge >= 0.3 is 0 Å². The third-order valence-corrected chi connectivity index (χ3v) is 6.45. The van der Waals surface area contributed by atoms with Crippen LogP contribution in [0.2, 0.25) is 0 Å². The zero-order valence-electron chi connectivity index (χ0n) is 15.0. The molecule has 0 aliphatic carbocycles. The van der Waals surface area contributed by atoms with Crippen LogP contribution in [0.5, 0.6) is 5.75 Å². The molecular formula is C17H22N6O2S. The minimum atomic E-state index is -0.431. The minimum Gasteiger partial charge on any atom is -0.494 e. The monoisotopic (exact) mass is 374 g/mol. The Labute approximate surface area is 156 Å². The van der Waals surface area contributed by atoms with E-state index in [-0.39, 0.29) is 22.1 Å². The average molecular weight is 374 g/mol. The van der Waals surface area contributed by atoms with Crippen LogP contribution in [0.3, 0.4) is 0 Å². The predicted octanol–water partition coefficient (Wildman–Crippen LogP) is 1.18. The van der Waals surface area contributed by atoms with E-state index in [1.165, 1.54) is 0 Å². The van der Waals surface area contributed by atoms with Crippen molar-refractivity contribution >= 4 is 17.7 Å². The van der Waals surface area contributed by atoms with Gasteiger partial charge in [0.1, 0.15) is 23.2 Å². The average Bonchev–Trinajstić information content (AvgIpc) is 3.16. The number of β-lactam (4-membered cyclic amide) rings is 1. The SMILES string of the molecule is CCOc1ccc(Cn2nnnc2C2N3C(=O)C(N)[C@H]3SC2(C)C)cc1. The fraction of sp³-hybridized carbons (Fsp3) is 0.529. The highest BCUT2D eigenvalue weighted by molar-refractivity contribution is 8.01. The number of rotatable bonds is 5. The second kappa shape index (κ2) is 6.24. The Morgan fingerprint density at radius 3 is 2.73 bits per heavy atom. The van der Waals surface area contributed by atoms with E-state index >= 15 is 0 Å². The first kappa shape index (κ1) is 17.3. The van der Waals surface area contributed by atoms with Crippen LogP contribution >= 0.6 is 11.8 Å². The third-order valence-electron chi connectivity index (χ3n) is 4.85. The van der Waals surface area contributed by atoms with Crippen molar-refractivity contribution < 1.29 is 9.53 Å². The summed E-state index contributed by atoms with van der Waals surface area (Å²) in [6, 6.07) is 7.25. The second-order valence-electron chi connectivity index (χ2n) is 7.06. The van der Waals surface area contributed by atoms with Gasteiger partial charge in [-0.3, -0.25) is 4.79 Å². The highest BCUT2D eigenvalue weighted by Crippen LogP contribution is 2.56. The van der Waals surface area contributed by atoms with E-state index in [0.717, 1.165) is 11.3 Å². The smallest absolute Gasteiger partial charge is 0.244 e. The second-order valence-corrected chi connectivity index (χ2v) is 8.83. The summed E-state index contributed by atoms with van der Waals surface area (Å²) in [5, 5.41) is 12.3. The molecule has 8 nitrogen and oxygen atoms in total. The van der Waals surface area contributed by atoms with Gasteiger partial charge in [-0.2, -0.15) is 0 Å². The number of thioether (sulfide) groups is 1. The number of hydrogen-bond donors (Lipinski definition) is 1. The largest absolute Gasteiger partial charge is 0.494 e. The van der Waals surface area contributed by atoms with E-state index < -0.39 is 6.04 Å². The number of benzene rings is 1. The lowest BCUT2D eigenvalue weighted by Crippen LogP contribution is -2.65. The number of tetrazole rings is 1. The normalized spacial score (nSPS) is 26.5. The Balaban J connectivity index is 1.60. The van der Waals surface area contributed by atoms with Crippen LogP contribution < -0.4 is 10.5 Å². The number of nitrogens with zero attached hydrogens (tertiary/aromatic N) is 5. The first-order valence-corrected chi connectivity index (χ1v) is 9.53. The molecule has 4 rings (SSSR count). The zero-order valence-corrected chi connectivity index (χ0v) is 15.8. The number of carbonyl (C=O) groups is 1. The molecule has 2 aliphatic heterocycles. The Bertz CT molecular complexity index is 821. The molecule has 0 saturated carbocycles. The van der Waals surface area contributed by atoms with Crippen LogP contribution in [0, 0.1) is 0 Å². The quantitative estimate of drug-likeness (QED) is 0.785. The van der Waals surface area contributed by atoms with Crippen molar-refractivity contribution in [2.45, 2.75) is 49.5 Å². The summed E-state index contributed by atoms with van der Waals surface area (Å²) in [6.45, 7) is 7.34. The lowest BCUT2D eigenvalue weighted by Gasteiger charge is -2.42. The van der Waals surface area contributed by atoms with Gasteiger partial charge in [0.15, 0.2) is 5.82 Å². The van der Waals surface area contributed by atoms with Gasteiger partial charge in [0.2, 0.25) is 5.91 Å². The fourth-order valence-corrected chi connectivity index (χ4v) is 5.18. The Morgan fingerprint density at radius 1 is 1.31 bits per heavy atom. The molecule has 1 aromatic carbocycles. The molecule has 0 spiro atoms. The molecule has 2 saturated heterocycles. The van der Waals surface area contributed by atoms with Crippen LogP contribution in [0.15, 0.2) is 24.3 Å². The molecule has 1 aromatic heterocycles. The van der Waals surface area contributed by atoms with Crippen LogP contribution in [0.25, 0.3) is 0 Å². The molecule has 3 heterocycles. The summed E-state index contributed by atoms with van der Waals surface area (Å²) in [5.41, 5.74) is 7.03. The molecule has 1 amide bonds. The summed E-state index contributed by atoms with van der Waals surface area (Å²) in [4.78, 5) is 14.1. The van der Waals surface area contributed by atoms with Gasteiger partial charge in [-0.1, -0.05) is 12.1 Å². The summed E-state index contributed by atoms with van der Waals surface area (Å²) >= 11 is 1.71. The summed E-state index contributed by atoms with van der Waals surface area (Å²) in [6.07, 6.45) is 0. The van der Waals surface area contributed by atoms with E-state index in [9.17, 15) is 4.79 Å². The third kappa shape index (κ3) is 2.66. The van der Waals surface area contributed by atoms with E-state index in [1.54, 1.807) is 16.4 Å². The van der Waals surface area contributed by atoms with E-state index in [4.69, 9.17) is 10.5 Å². The molecule has 2 fully saturated rings. The number of ether oxygens (including phenoxy) is 1. The van der Waals surface area contributed by atoms with Gasteiger partial charge in [-0.15, -0.1) is 16.9 Å². The number of hydrogen-bond acceptors (Lipinski definition) is 7. The first-order chi connectivity index (χ1) is 12.4. The molecular weight excluding hydrogens is 352 g/mol. The highest BCUT2D eigenvalue weighted by atomic mass is 32.2. The fourth-order valence-electron chi connectivity index (χ4n) is 3.61. The lowest BCUT2D eigenvalue weighted by atomic mass is 9.95. The molecule has 2 aromatic rings. The van der Waals surface area contributed by atoms with E-state index in [1.807, 2.05) is 36.1 Å². The van der Waals surface area contributed by atoms with Crippen LogP contribution in [0.1, 0.15) is 38.2 Å². The molecule has 138 valence electrons. The Hall–Kier alpha value is -2.13. The number of aromatic nitrogens is 4. The van der Waals surface area contributed by atoms with Crippen molar-refractivity contribution in [3.63, 3.8) is 0 Å². The van der Waals surface area contributed by atoms with Crippen molar-refractivity contribution in [2.75, 3.05) is 6.61 Å². The molecule has 0 radical (unpaired) electrons. The van der Waals surface area contributed by atoms with E-state index in [2.05, 4.69) is 29.4 Å². The summed E-state index contributed by atoms with van der Waals surface area (Å²) in [7, 11) is 0. The van der Waals surface area contributed by atoms with Gasteiger partial charge in [0.05, 0.1) is 13.2 Å². The van der Waals surface area contributed by atoms with E-state index in [0.29, 0.717) is 19.0 Å². The lowest BCUT2D eigenvalue weighted by molar-refractivity contribution is -0.147. The van der Waals surface area contributed by atoms with Crippen molar-refractivity contribution in [1.82, 2.24) is 25.1 Å². The van der Waals surface area contributed by atoms with Crippen molar-refractivity contribution in [3.05, 3.63) is 35.7 Å². The first-order valence-electron chi connectivity index (χ1n) is 8.65.